The number of carbonyl (C=O) groups is 1. The lowest BCUT2D eigenvalue weighted by molar-refractivity contribution is -0.131. The maximum atomic E-state index is 10.4. The van der Waals surface area contributed by atoms with E-state index in [0.29, 0.717) is 16.5 Å². The van der Waals surface area contributed by atoms with Crippen LogP contribution in [0.15, 0.2) is 30.4 Å². The maximum Gasteiger partial charge on any atom is 0.328 e. The van der Waals surface area contributed by atoms with E-state index in [0.717, 1.165) is 12.5 Å². The number of ether oxygens (including phenoxy) is 2. The molecule has 0 aliphatic rings. The molecule has 1 N–H and O–H groups in total. The van der Waals surface area contributed by atoms with Crippen LogP contribution in [0.2, 0.25) is 5.02 Å². The van der Waals surface area contributed by atoms with E-state index in [2.05, 4.69) is 0 Å². The Morgan fingerprint density at radius 3 is 2.65 bits per heavy atom. The molecule has 110 valence electrons. The second-order valence-electron chi connectivity index (χ2n) is 4.45. The van der Waals surface area contributed by atoms with Gasteiger partial charge in [0.05, 0.1) is 11.1 Å². The van der Waals surface area contributed by atoms with Crippen LogP contribution in [-0.4, -0.2) is 23.3 Å². The van der Waals surface area contributed by atoms with Gasteiger partial charge in [-0.1, -0.05) is 18.5 Å². The van der Waals surface area contributed by atoms with Crippen LogP contribution >= 0.6 is 11.6 Å². The third kappa shape index (κ3) is 5.53. The zero-order valence-corrected chi connectivity index (χ0v) is 12.6. The van der Waals surface area contributed by atoms with E-state index in [-0.39, 0.29) is 12.2 Å². The van der Waals surface area contributed by atoms with Crippen LogP contribution in [0.25, 0.3) is 0 Å². The molecule has 0 saturated heterocycles. The summed E-state index contributed by atoms with van der Waals surface area (Å²) in [5.74, 6) is 0.173. The highest BCUT2D eigenvalue weighted by atomic mass is 35.5. The Balaban J connectivity index is 2.69. The lowest BCUT2D eigenvalue weighted by Gasteiger charge is -2.16. The van der Waals surface area contributed by atoms with Gasteiger partial charge in [0.1, 0.15) is 17.6 Å². The van der Waals surface area contributed by atoms with Crippen LogP contribution in [0.3, 0.4) is 0 Å². The zero-order valence-electron chi connectivity index (χ0n) is 11.8. The van der Waals surface area contributed by atoms with E-state index in [1.165, 1.54) is 6.08 Å². The number of hydrogen-bond acceptors (Lipinski definition) is 3. The van der Waals surface area contributed by atoms with Gasteiger partial charge < -0.3 is 14.6 Å². The molecule has 0 spiro atoms. The Kier molecular flexibility index (Phi) is 6.39. The first kappa shape index (κ1) is 16.4. The van der Waals surface area contributed by atoms with Gasteiger partial charge in [0.15, 0.2) is 0 Å². The molecule has 0 amide bonds. The molecule has 4 nitrogen and oxygen atoms in total. The Morgan fingerprint density at radius 1 is 1.40 bits per heavy atom. The number of rotatable bonds is 7. The van der Waals surface area contributed by atoms with Crippen molar-refractivity contribution < 1.29 is 19.4 Å². The summed E-state index contributed by atoms with van der Waals surface area (Å²) in [6.45, 7) is 5.75. The first-order chi connectivity index (χ1) is 9.42. The van der Waals surface area contributed by atoms with E-state index in [4.69, 9.17) is 26.2 Å². The minimum absolute atomic E-state index is 0.0942. The van der Waals surface area contributed by atoms with Crippen LogP contribution in [-0.2, 0) is 4.79 Å². The molecule has 0 aliphatic heterocycles. The predicted molar refractivity (Wildman–Crippen MR) is 78.7 cm³/mol. The standard InChI is InChI=1S/C15H19ClO4/c1-4-10(2)20-14-7-6-12(9-13(14)16)19-11(3)5-8-15(17)18/h5-11H,4H2,1-3H3,(H,17,18). The molecule has 1 rings (SSSR count). The summed E-state index contributed by atoms with van der Waals surface area (Å²) in [6.07, 6.45) is 3.14. The van der Waals surface area contributed by atoms with Crippen LogP contribution in [0.5, 0.6) is 11.5 Å². The summed E-state index contributed by atoms with van der Waals surface area (Å²) in [5, 5.41) is 9.01. The Labute approximate surface area is 124 Å². The van der Waals surface area contributed by atoms with Crippen molar-refractivity contribution in [3.8, 4) is 11.5 Å². The molecule has 0 bridgehead atoms. The van der Waals surface area contributed by atoms with Crippen molar-refractivity contribution in [2.45, 2.75) is 39.4 Å². The van der Waals surface area contributed by atoms with Gasteiger partial charge in [0.25, 0.3) is 0 Å². The molecule has 0 fully saturated rings. The van der Waals surface area contributed by atoms with Crippen molar-refractivity contribution in [3.63, 3.8) is 0 Å². The van der Waals surface area contributed by atoms with Crippen molar-refractivity contribution in [2.24, 2.45) is 0 Å². The van der Waals surface area contributed by atoms with Gasteiger partial charge in [-0.15, -0.1) is 0 Å². The van der Waals surface area contributed by atoms with Gasteiger partial charge in [-0.05, 0) is 38.5 Å². The second kappa shape index (κ2) is 7.80. The molecule has 2 unspecified atom stereocenters. The second-order valence-corrected chi connectivity index (χ2v) is 4.86. The Bertz CT molecular complexity index is 485. The molecule has 0 aromatic heterocycles. The van der Waals surface area contributed by atoms with Crippen molar-refractivity contribution in [1.29, 1.82) is 0 Å². The van der Waals surface area contributed by atoms with Crippen LogP contribution < -0.4 is 9.47 Å². The summed E-state index contributed by atoms with van der Waals surface area (Å²) in [7, 11) is 0. The Hall–Kier alpha value is -1.68. The third-order valence-electron chi connectivity index (χ3n) is 2.64. The minimum atomic E-state index is -1.00. The van der Waals surface area contributed by atoms with Crippen molar-refractivity contribution in [2.75, 3.05) is 0 Å². The first-order valence-electron chi connectivity index (χ1n) is 6.46. The first-order valence-corrected chi connectivity index (χ1v) is 6.84. The zero-order chi connectivity index (χ0) is 15.1. The molecule has 20 heavy (non-hydrogen) atoms. The Morgan fingerprint density at radius 2 is 2.10 bits per heavy atom. The normalized spacial score (nSPS) is 14.0. The molecule has 1 aromatic carbocycles. The van der Waals surface area contributed by atoms with Gasteiger partial charge >= 0.3 is 5.97 Å². The monoisotopic (exact) mass is 298 g/mol. The fourth-order valence-corrected chi connectivity index (χ4v) is 1.64. The van der Waals surface area contributed by atoms with Crippen molar-refractivity contribution >= 4 is 17.6 Å². The molecule has 0 aliphatic carbocycles. The van der Waals surface area contributed by atoms with Gasteiger partial charge in [0.2, 0.25) is 0 Å². The number of carboxylic acid groups (broad SMARTS) is 1. The molecule has 1 aromatic rings. The number of halogens is 1. The fourth-order valence-electron chi connectivity index (χ4n) is 1.42. The lowest BCUT2D eigenvalue weighted by Crippen LogP contribution is -2.11. The van der Waals surface area contributed by atoms with Gasteiger partial charge in [-0.25, -0.2) is 4.79 Å². The average Bonchev–Trinajstić information content (AvgIpc) is 2.39. The maximum absolute atomic E-state index is 10.4. The van der Waals surface area contributed by atoms with Crippen molar-refractivity contribution in [1.82, 2.24) is 0 Å². The largest absolute Gasteiger partial charge is 0.489 e. The minimum Gasteiger partial charge on any atom is -0.489 e. The van der Waals surface area contributed by atoms with Gasteiger partial charge in [-0.2, -0.15) is 0 Å². The summed E-state index contributed by atoms with van der Waals surface area (Å²) in [4.78, 5) is 10.4. The summed E-state index contributed by atoms with van der Waals surface area (Å²) in [5.41, 5.74) is 0. The average molecular weight is 299 g/mol. The van der Waals surface area contributed by atoms with E-state index < -0.39 is 5.97 Å². The van der Waals surface area contributed by atoms with E-state index >= 15 is 0 Å². The highest BCUT2D eigenvalue weighted by Gasteiger charge is 2.08. The third-order valence-corrected chi connectivity index (χ3v) is 2.93. The smallest absolute Gasteiger partial charge is 0.328 e. The summed E-state index contributed by atoms with van der Waals surface area (Å²) < 4.78 is 11.2. The van der Waals surface area contributed by atoms with E-state index in [1.54, 1.807) is 25.1 Å². The van der Waals surface area contributed by atoms with Crippen LogP contribution in [0.1, 0.15) is 27.2 Å². The molecular formula is C15H19ClO4. The van der Waals surface area contributed by atoms with Crippen molar-refractivity contribution in [3.05, 3.63) is 35.4 Å². The molecular weight excluding hydrogens is 280 g/mol. The quantitative estimate of drug-likeness (QED) is 0.775. The molecule has 2 atom stereocenters. The SMILES string of the molecule is CCC(C)Oc1ccc(OC(C)C=CC(=O)O)cc1Cl. The number of benzene rings is 1. The molecule has 0 heterocycles. The fraction of sp³-hybridized carbons (Fsp3) is 0.400. The molecule has 0 saturated carbocycles. The lowest BCUT2D eigenvalue weighted by atomic mass is 10.3. The highest BCUT2D eigenvalue weighted by Crippen LogP contribution is 2.30. The highest BCUT2D eigenvalue weighted by molar-refractivity contribution is 6.32. The topological polar surface area (TPSA) is 55.8 Å². The van der Waals surface area contributed by atoms with E-state index in [1.807, 2.05) is 13.8 Å². The molecule has 5 heteroatoms. The number of carboxylic acids is 1. The predicted octanol–water partition coefficient (Wildman–Crippen LogP) is 3.93. The van der Waals surface area contributed by atoms with Gasteiger partial charge in [0, 0.05) is 12.1 Å². The number of hydrogen-bond donors (Lipinski definition) is 1. The van der Waals surface area contributed by atoms with E-state index in [9.17, 15) is 4.79 Å². The van der Waals surface area contributed by atoms with Gasteiger partial charge in [-0.3, -0.25) is 0 Å². The summed E-state index contributed by atoms with van der Waals surface area (Å²) in [6, 6.07) is 5.15. The summed E-state index contributed by atoms with van der Waals surface area (Å²) >= 11 is 6.12. The molecule has 0 radical (unpaired) electrons. The van der Waals surface area contributed by atoms with Crippen LogP contribution in [0.4, 0.5) is 0 Å². The number of aliphatic carboxylic acids is 1. The van der Waals surface area contributed by atoms with Crippen LogP contribution in [0, 0.1) is 0 Å².